The van der Waals surface area contributed by atoms with Gasteiger partial charge < -0.3 is 14.8 Å². The quantitative estimate of drug-likeness (QED) is 0.894. The Labute approximate surface area is 107 Å². The van der Waals surface area contributed by atoms with Gasteiger partial charge in [-0.15, -0.1) is 0 Å². The van der Waals surface area contributed by atoms with Gasteiger partial charge >= 0.3 is 0 Å². The Morgan fingerprint density at radius 1 is 1.28 bits per heavy atom. The number of benzene rings is 1. The van der Waals surface area contributed by atoms with E-state index in [1.54, 1.807) is 20.3 Å². The van der Waals surface area contributed by atoms with Crippen LogP contribution in [0.3, 0.4) is 0 Å². The van der Waals surface area contributed by atoms with Gasteiger partial charge in [-0.3, -0.25) is 0 Å². The van der Waals surface area contributed by atoms with Gasteiger partial charge in [0.25, 0.3) is 0 Å². The van der Waals surface area contributed by atoms with Gasteiger partial charge in [-0.05, 0) is 37.1 Å². The maximum Gasteiger partial charge on any atom is 0.165 e. The summed E-state index contributed by atoms with van der Waals surface area (Å²) in [4.78, 5) is 0. The highest BCUT2D eigenvalue weighted by molar-refractivity contribution is 5.51. The summed E-state index contributed by atoms with van der Waals surface area (Å²) < 4.78 is 23.6. The molecule has 1 aliphatic rings. The van der Waals surface area contributed by atoms with E-state index in [-0.39, 0.29) is 6.04 Å². The molecule has 1 N–H and O–H groups in total. The molecule has 0 amide bonds. The molecule has 1 heterocycles. The van der Waals surface area contributed by atoms with E-state index in [1.807, 2.05) is 6.07 Å². The fourth-order valence-electron chi connectivity index (χ4n) is 2.51. The average molecular weight is 253 g/mol. The van der Waals surface area contributed by atoms with Gasteiger partial charge in [0.1, 0.15) is 6.67 Å². The summed E-state index contributed by atoms with van der Waals surface area (Å²) in [6, 6.07) is 3.81. The molecule has 18 heavy (non-hydrogen) atoms. The molecule has 1 aromatic carbocycles. The molecule has 1 aromatic rings. The van der Waals surface area contributed by atoms with E-state index in [4.69, 9.17) is 9.47 Å². The van der Waals surface area contributed by atoms with Gasteiger partial charge in [-0.1, -0.05) is 6.42 Å². The highest BCUT2D eigenvalue weighted by Crippen LogP contribution is 2.38. The van der Waals surface area contributed by atoms with Crippen molar-refractivity contribution in [2.24, 2.45) is 0 Å². The third-order valence-electron chi connectivity index (χ3n) is 3.41. The predicted molar refractivity (Wildman–Crippen MR) is 69.0 cm³/mol. The van der Waals surface area contributed by atoms with E-state index >= 15 is 0 Å². The van der Waals surface area contributed by atoms with E-state index in [2.05, 4.69) is 5.32 Å². The summed E-state index contributed by atoms with van der Waals surface area (Å²) in [5.41, 5.74) is 1.64. The van der Waals surface area contributed by atoms with Crippen molar-refractivity contribution in [2.45, 2.75) is 32.0 Å². The highest BCUT2D eigenvalue weighted by atomic mass is 19.1. The van der Waals surface area contributed by atoms with Crippen LogP contribution in [0.1, 0.15) is 36.4 Å². The Morgan fingerprint density at radius 2 is 2.11 bits per heavy atom. The molecule has 0 aliphatic carbocycles. The largest absolute Gasteiger partial charge is 0.493 e. The molecule has 1 unspecified atom stereocenters. The van der Waals surface area contributed by atoms with Gasteiger partial charge in [0.05, 0.1) is 14.2 Å². The van der Waals surface area contributed by atoms with Crippen molar-refractivity contribution < 1.29 is 13.9 Å². The van der Waals surface area contributed by atoms with Crippen LogP contribution in [0.15, 0.2) is 12.1 Å². The minimum Gasteiger partial charge on any atom is -0.493 e. The van der Waals surface area contributed by atoms with Crippen LogP contribution >= 0.6 is 0 Å². The lowest BCUT2D eigenvalue weighted by Gasteiger charge is -2.26. The standard InChI is InChI=1S/C14H20FNO2/c1-17-13-8-10(9-15)7-11(14(13)18-2)12-5-3-4-6-16-12/h7-8,12,16H,3-6,9H2,1-2H3. The number of alkyl halides is 1. The predicted octanol–water partition coefficient (Wildman–Crippen LogP) is 2.99. The molecule has 1 atom stereocenters. The number of hydrogen-bond acceptors (Lipinski definition) is 3. The van der Waals surface area contributed by atoms with Crippen molar-refractivity contribution >= 4 is 0 Å². The second-order valence-corrected chi connectivity index (χ2v) is 4.56. The van der Waals surface area contributed by atoms with Gasteiger partial charge in [0, 0.05) is 11.6 Å². The average Bonchev–Trinajstić information content (AvgIpc) is 2.46. The zero-order valence-electron chi connectivity index (χ0n) is 11.0. The number of hydrogen-bond donors (Lipinski definition) is 1. The molecule has 2 rings (SSSR count). The van der Waals surface area contributed by atoms with E-state index in [1.165, 1.54) is 12.8 Å². The number of halogens is 1. The minimum absolute atomic E-state index is 0.231. The Bertz CT molecular complexity index is 403. The van der Waals surface area contributed by atoms with E-state index in [0.717, 1.165) is 18.5 Å². The molecule has 4 heteroatoms. The zero-order chi connectivity index (χ0) is 13.0. The van der Waals surface area contributed by atoms with Gasteiger partial charge in [-0.25, -0.2) is 4.39 Å². The van der Waals surface area contributed by atoms with Crippen LogP contribution in [-0.2, 0) is 6.67 Å². The molecular formula is C14H20FNO2. The molecule has 1 fully saturated rings. The maximum atomic E-state index is 12.9. The SMILES string of the molecule is COc1cc(CF)cc(C2CCCCN2)c1OC. The van der Waals surface area contributed by atoms with Crippen molar-refractivity contribution in [3.63, 3.8) is 0 Å². The Kier molecular flexibility index (Phi) is 4.42. The Morgan fingerprint density at radius 3 is 2.67 bits per heavy atom. The number of piperidine rings is 1. The smallest absolute Gasteiger partial charge is 0.165 e. The molecule has 0 radical (unpaired) electrons. The van der Waals surface area contributed by atoms with Crippen LogP contribution in [-0.4, -0.2) is 20.8 Å². The molecule has 1 aliphatic heterocycles. The molecule has 100 valence electrons. The van der Waals surface area contributed by atoms with Crippen molar-refractivity contribution in [2.75, 3.05) is 20.8 Å². The van der Waals surface area contributed by atoms with Gasteiger partial charge in [0.2, 0.25) is 0 Å². The molecule has 0 spiro atoms. The number of rotatable bonds is 4. The third kappa shape index (κ3) is 2.58. The summed E-state index contributed by atoms with van der Waals surface area (Å²) in [6.45, 7) is 0.510. The van der Waals surface area contributed by atoms with Crippen molar-refractivity contribution in [3.05, 3.63) is 23.3 Å². The third-order valence-corrected chi connectivity index (χ3v) is 3.41. The van der Waals surface area contributed by atoms with Crippen LogP contribution in [0.4, 0.5) is 4.39 Å². The molecule has 0 saturated carbocycles. The Balaban J connectivity index is 2.41. The summed E-state index contributed by atoms with van der Waals surface area (Å²) in [6.07, 6.45) is 3.43. The second kappa shape index (κ2) is 6.05. The summed E-state index contributed by atoms with van der Waals surface area (Å²) in [5.74, 6) is 1.32. The fourth-order valence-corrected chi connectivity index (χ4v) is 2.51. The summed E-state index contributed by atoms with van der Waals surface area (Å²) >= 11 is 0. The molecule has 3 nitrogen and oxygen atoms in total. The summed E-state index contributed by atoms with van der Waals surface area (Å²) in [5, 5.41) is 3.45. The molecule has 0 aromatic heterocycles. The molecule has 1 saturated heterocycles. The number of nitrogens with one attached hydrogen (secondary N) is 1. The topological polar surface area (TPSA) is 30.5 Å². The molecular weight excluding hydrogens is 233 g/mol. The van der Waals surface area contributed by atoms with Crippen LogP contribution in [0, 0.1) is 0 Å². The Hall–Kier alpha value is -1.29. The van der Waals surface area contributed by atoms with Crippen LogP contribution in [0.25, 0.3) is 0 Å². The van der Waals surface area contributed by atoms with Crippen molar-refractivity contribution in [1.82, 2.24) is 5.32 Å². The first-order valence-corrected chi connectivity index (χ1v) is 6.34. The van der Waals surface area contributed by atoms with E-state index in [0.29, 0.717) is 17.1 Å². The first-order chi connectivity index (χ1) is 8.80. The minimum atomic E-state index is -0.486. The second-order valence-electron chi connectivity index (χ2n) is 4.56. The lowest BCUT2D eigenvalue weighted by molar-refractivity contribution is 0.336. The first-order valence-electron chi connectivity index (χ1n) is 6.34. The summed E-state index contributed by atoms with van der Waals surface area (Å²) in [7, 11) is 3.21. The lowest BCUT2D eigenvalue weighted by atomic mass is 9.95. The number of ether oxygens (including phenoxy) is 2. The van der Waals surface area contributed by atoms with Gasteiger partial charge in [0.15, 0.2) is 11.5 Å². The number of methoxy groups -OCH3 is 2. The van der Waals surface area contributed by atoms with Crippen molar-refractivity contribution in [3.8, 4) is 11.5 Å². The van der Waals surface area contributed by atoms with Crippen molar-refractivity contribution in [1.29, 1.82) is 0 Å². The lowest BCUT2D eigenvalue weighted by Crippen LogP contribution is -2.27. The fraction of sp³-hybridized carbons (Fsp3) is 0.571. The van der Waals surface area contributed by atoms with Gasteiger partial charge in [-0.2, -0.15) is 0 Å². The normalized spacial score (nSPS) is 19.6. The van der Waals surface area contributed by atoms with E-state index < -0.39 is 6.67 Å². The highest BCUT2D eigenvalue weighted by Gasteiger charge is 2.22. The van der Waals surface area contributed by atoms with Crippen LogP contribution in [0.5, 0.6) is 11.5 Å². The zero-order valence-corrected chi connectivity index (χ0v) is 11.0. The van der Waals surface area contributed by atoms with E-state index in [9.17, 15) is 4.39 Å². The first kappa shape index (κ1) is 13.1. The van der Waals surface area contributed by atoms with Crippen LogP contribution < -0.4 is 14.8 Å². The van der Waals surface area contributed by atoms with Crippen LogP contribution in [0.2, 0.25) is 0 Å². The molecule has 0 bridgehead atoms. The monoisotopic (exact) mass is 253 g/mol. The maximum absolute atomic E-state index is 12.9.